The Bertz CT molecular complexity index is 1220. The number of hydrogen-bond acceptors (Lipinski definition) is 8. The van der Waals surface area contributed by atoms with Crippen LogP contribution >= 0.6 is 23.1 Å². The highest BCUT2D eigenvalue weighted by Crippen LogP contribution is 2.26. The molecule has 0 aliphatic rings. The first-order valence-electron chi connectivity index (χ1n) is 11.4. The second kappa shape index (κ2) is 11.4. The van der Waals surface area contributed by atoms with E-state index in [1.165, 1.54) is 17.3 Å². The normalized spacial score (nSPS) is 11.1. The molecule has 4 rings (SSSR count). The predicted octanol–water partition coefficient (Wildman–Crippen LogP) is 5.31. The number of carbonyl (C=O) groups is 1. The number of nitrogens with zero attached hydrogens (tertiary/aromatic N) is 6. The highest BCUT2D eigenvalue weighted by molar-refractivity contribution is 7.99. The summed E-state index contributed by atoms with van der Waals surface area (Å²) >= 11 is 2.96. The Labute approximate surface area is 207 Å². The zero-order valence-corrected chi connectivity index (χ0v) is 21.2. The van der Waals surface area contributed by atoms with Gasteiger partial charge in [0.05, 0.1) is 17.2 Å². The van der Waals surface area contributed by atoms with Crippen LogP contribution in [-0.4, -0.2) is 48.1 Å². The first kappa shape index (κ1) is 24.2. The van der Waals surface area contributed by atoms with Crippen molar-refractivity contribution in [3.63, 3.8) is 0 Å². The summed E-state index contributed by atoms with van der Waals surface area (Å²) in [5.74, 6) is 2.02. The number of benzene rings is 1. The molecule has 0 fully saturated rings. The fourth-order valence-corrected chi connectivity index (χ4v) is 5.09. The van der Waals surface area contributed by atoms with Crippen molar-refractivity contribution in [3.8, 4) is 22.2 Å². The standard InChI is InChI=1S/C24H28N6O2S2/c1-4-11-29(15-20-25-27-23(32-20)19-10-7-13-33-19)21(31)16-34-24-28-26-22(30(24)12-5-2)18-9-6-8-17(3)14-18/h6-10,13-14H,4-5,11-12,15-16H2,1-3H3. The Morgan fingerprint density at radius 2 is 2.00 bits per heavy atom. The maximum atomic E-state index is 13.1. The molecule has 0 aliphatic heterocycles. The first-order valence-corrected chi connectivity index (χ1v) is 13.2. The van der Waals surface area contributed by atoms with Crippen LogP contribution in [0.15, 0.2) is 51.4 Å². The number of aryl methyl sites for hydroxylation is 1. The number of thioether (sulfide) groups is 1. The van der Waals surface area contributed by atoms with E-state index in [0.717, 1.165) is 40.8 Å². The average molecular weight is 497 g/mol. The second-order valence-corrected chi connectivity index (χ2v) is 9.80. The smallest absolute Gasteiger partial charge is 0.257 e. The molecule has 3 aromatic heterocycles. The summed E-state index contributed by atoms with van der Waals surface area (Å²) in [4.78, 5) is 15.8. The molecular formula is C24H28N6O2S2. The molecule has 1 aromatic carbocycles. The van der Waals surface area contributed by atoms with Gasteiger partial charge in [-0.05, 0) is 37.3 Å². The third kappa shape index (κ3) is 5.74. The maximum Gasteiger partial charge on any atom is 0.257 e. The lowest BCUT2D eigenvalue weighted by molar-refractivity contribution is -0.129. The van der Waals surface area contributed by atoms with Crippen molar-refractivity contribution in [3.05, 3.63) is 53.2 Å². The molecule has 3 heterocycles. The molecule has 34 heavy (non-hydrogen) atoms. The highest BCUT2D eigenvalue weighted by Gasteiger charge is 2.20. The minimum absolute atomic E-state index is 0.00544. The Kier molecular flexibility index (Phi) is 8.12. The summed E-state index contributed by atoms with van der Waals surface area (Å²) in [5.41, 5.74) is 2.20. The minimum atomic E-state index is 0.00544. The third-order valence-corrected chi connectivity index (χ3v) is 6.95. The van der Waals surface area contributed by atoms with Crippen LogP contribution < -0.4 is 0 Å². The molecule has 0 saturated heterocycles. The Morgan fingerprint density at radius 1 is 1.12 bits per heavy atom. The zero-order valence-electron chi connectivity index (χ0n) is 19.6. The molecule has 0 N–H and O–H groups in total. The van der Waals surface area contributed by atoms with E-state index in [0.29, 0.717) is 24.9 Å². The lowest BCUT2D eigenvalue weighted by atomic mass is 10.1. The molecule has 0 radical (unpaired) electrons. The molecule has 10 heteroatoms. The van der Waals surface area contributed by atoms with E-state index < -0.39 is 0 Å². The van der Waals surface area contributed by atoms with Crippen molar-refractivity contribution < 1.29 is 9.21 Å². The molecule has 8 nitrogen and oxygen atoms in total. The second-order valence-electron chi connectivity index (χ2n) is 7.91. The monoisotopic (exact) mass is 496 g/mol. The summed E-state index contributed by atoms with van der Waals surface area (Å²) in [6, 6.07) is 12.1. The Balaban J connectivity index is 1.45. The first-order chi connectivity index (χ1) is 16.6. The molecule has 178 valence electrons. The van der Waals surface area contributed by atoms with Crippen LogP contribution in [0.25, 0.3) is 22.2 Å². The van der Waals surface area contributed by atoms with Crippen LogP contribution in [0.1, 0.15) is 38.1 Å². The van der Waals surface area contributed by atoms with Crippen LogP contribution in [0.4, 0.5) is 0 Å². The average Bonchev–Trinajstić information content (AvgIpc) is 3.59. The van der Waals surface area contributed by atoms with E-state index in [2.05, 4.69) is 50.9 Å². The Hall–Kier alpha value is -2.98. The van der Waals surface area contributed by atoms with Gasteiger partial charge in [0.1, 0.15) is 0 Å². The molecule has 0 saturated carbocycles. The van der Waals surface area contributed by atoms with Crippen LogP contribution in [0.5, 0.6) is 0 Å². The van der Waals surface area contributed by atoms with Gasteiger partial charge in [-0.15, -0.1) is 31.7 Å². The SMILES string of the molecule is CCCN(Cc1nnc(-c2cccs2)o1)C(=O)CSc1nnc(-c2cccc(C)c2)n1CCC. The van der Waals surface area contributed by atoms with Crippen molar-refractivity contribution in [2.75, 3.05) is 12.3 Å². The van der Waals surface area contributed by atoms with E-state index in [4.69, 9.17) is 4.42 Å². The number of rotatable bonds is 11. The van der Waals surface area contributed by atoms with Gasteiger partial charge in [0.25, 0.3) is 5.89 Å². The fourth-order valence-electron chi connectivity index (χ4n) is 3.58. The molecule has 0 aliphatic carbocycles. The van der Waals surface area contributed by atoms with Crippen molar-refractivity contribution in [1.29, 1.82) is 0 Å². The number of thiophene rings is 1. The number of aromatic nitrogens is 5. The minimum Gasteiger partial charge on any atom is -0.418 e. The van der Waals surface area contributed by atoms with Gasteiger partial charge in [0, 0.05) is 18.7 Å². The van der Waals surface area contributed by atoms with E-state index >= 15 is 0 Å². The van der Waals surface area contributed by atoms with Gasteiger partial charge in [-0.3, -0.25) is 4.79 Å². The lowest BCUT2D eigenvalue weighted by Crippen LogP contribution is -2.33. The van der Waals surface area contributed by atoms with E-state index in [1.807, 2.05) is 36.6 Å². The van der Waals surface area contributed by atoms with Gasteiger partial charge in [-0.2, -0.15) is 0 Å². The van der Waals surface area contributed by atoms with E-state index in [9.17, 15) is 4.79 Å². The van der Waals surface area contributed by atoms with Crippen molar-refractivity contribution in [2.45, 2.75) is 51.9 Å². The quantitative estimate of drug-likeness (QED) is 0.260. The van der Waals surface area contributed by atoms with Crippen LogP contribution in [0, 0.1) is 6.92 Å². The van der Waals surface area contributed by atoms with Crippen LogP contribution in [0.2, 0.25) is 0 Å². The van der Waals surface area contributed by atoms with E-state index in [-0.39, 0.29) is 11.7 Å². The molecule has 0 atom stereocenters. The molecule has 0 spiro atoms. The molecule has 4 aromatic rings. The summed E-state index contributed by atoms with van der Waals surface area (Å²) in [6.07, 6.45) is 1.79. The zero-order chi connectivity index (χ0) is 23.9. The van der Waals surface area contributed by atoms with Gasteiger partial charge in [0.2, 0.25) is 11.8 Å². The predicted molar refractivity (Wildman–Crippen MR) is 135 cm³/mol. The number of carbonyl (C=O) groups excluding carboxylic acids is 1. The summed E-state index contributed by atoms with van der Waals surface area (Å²) < 4.78 is 7.89. The number of amides is 1. The summed E-state index contributed by atoms with van der Waals surface area (Å²) in [7, 11) is 0. The Morgan fingerprint density at radius 3 is 2.74 bits per heavy atom. The van der Waals surface area contributed by atoms with Crippen LogP contribution in [-0.2, 0) is 17.9 Å². The van der Waals surface area contributed by atoms with Gasteiger partial charge < -0.3 is 13.9 Å². The molecular weight excluding hydrogens is 468 g/mol. The lowest BCUT2D eigenvalue weighted by Gasteiger charge is -2.20. The summed E-state index contributed by atoms with van der Waals surface area (Å²) in [6.45, 7) is 7.93. The van der Waals surface area contributed by atoms with Gasteiger partial charge in [0.15, 0.2) is 11.0 Å². The van der Waals surface area contributed by atoms with Gasteiger partial charge in [-0.25, -0.2) is 0 Å². The van der Waals surface area contributed by atoms with Crippen LogP contribution in [0.3, 0.4) is 0 Å². The third-order valence-electron chi connectivity index (χ3n) is 5.14. The highest BCUT2D eigenvalue weighted by atomic mass is 32.2. The van der Waals surface area contributed by atoms with Crippen molar-refractivity contribution in [1.82, 2.24) is 29.9 Å². The van der Waals surface area contributed by atoms with Crippen molar-refractivity contribution >= 4 is 29.0 Å². The fraction of sp³-hybridized carbons (Fsp3) is 0.375. The molecule has 1 amide bonds. The van der Waals surface area contributed by atoms with Gasteiger partial charge >= 0.3 is 0 Å². The molecule has 0 bridgehead atoms. The van der Waals surface area contributed by atoms with E-state index in [1.54, 1.807) is 16.2 Å². The largest absolute Gasteiger partial charge is 0.418 e. The summed E-state index contributed by atoms with van der Waals surface area (Å²) in [5, 5.41) is 19.8. The number of hydrogen-bond donors (Lipinski definition) is 0. The van der Waals surface area contributed by atoms with Gasteiger partial charge in [-0.1, -0.05) is 55.4 Å². The maximum absolute atomic E-state index is 13.1. The molecule has 0 unspecified atom stereocenters. The van der Waals surface area contributed by atoms with Crippen molar-refractivity contribution in [2.24, 2.45) is 0 Å². The topological polar surface area (TPSA) is 89.9 Å².